The van der Waals surface area contributed by atoms with Crippen LogP contribution in [-0.2, 0) is 0 Å². The minimum absolute atomic E-state index is 0.149. The number of nitrogens with zero attached hydrogens (tertiary/aromatic N) is 2. The van der Waals surface area contributed by atoms with Gasteiger partial charge in [-0.3, -0.25) is 10.1 Å². The van der Waals surface area contributed by atoms with Crippen molar-refractivity contribution in [3.8, 4) is 11.5 Å². The Kier molecular flexibility index (Phi) is 5.46. The molecule has 1 saturated heterocycles. The molecule has 138 valence electrons. The molecule has 2 aromatic carbocycles. The third-order valence-corrected chi connectivity index (χ3v) is 4.56. The molecule has 0 aromatic heterocycles. The van der Waals surface area contributed by atoms with Gasteiger partial charge in [0.2, 0.25) is 0 Å². The topological polar surface area (TPSA) is 76.9 Å². The lowest BCUT2D eigenvalue weighted by atomic mass is 10.0. The Labute approximate surface area is 152 Å². The molecule has 0 saturated carbocycles. The normalized spacial score (nSPS) is 16.8. The maximum absolute atomic E-state index is 11.3. The van der Waals surface area contributed by atoms with Crippen LogP contribution in [0.4, 0.5) is 17.1 Å². The van der Waals surface area contributed by atoms with Crippen molar-refractivity contribution >= 4 is 17.1 Å². The lowest BCUT2D eigenvalue weighted by molar-refractivity contribution is -0.384. The summed E-state index contributed by atoms with van der Waals surface area (Å²) in [7, 11) is 3.24. The van der Waals surface area contributed by atoms with Crippen LogP contribution < -0.4 is 19.7 Å². The highest BCUT2D eigenvalue weighted by Crippen LogP contribution is 2.31. The summed E-state index contributed by atoms with van der Waals surface area (Å²) in [4.78, 5) is 13.1. The molecule has 1 aliphatic rings. The molecule has 0 spiro atoms. The summed E-state index contributed by atoms with van der Waals surface area (Å²) in [5.74, 6) is 1.44. The maximum Gasteiger partial charge on any atom is 0.292 e. The van der Waals surface area contributed by atoms with E-state index >= 15 is 0 Å². The first-order chi connectivity index (χ1) is 12.6. The van der Waals surface area contributed by atoms with Crippen molar-refractivity contribution in [3.63, 3.8) is 0 Å². The van der Waals surface area contributed by atoms with Crippen molar-refractivity contribution in [2.45, 2.75) is 18.9 Å². The van der Waals surface area contributed by atoms with Crippen LogP contribution in [0, 0.1) is 10.1 Å². The number of nitro benzene ring substituents is 1. The average Bonchev–Trinajstić information content (AvgIpc) is 2.67. The van der Waals surface area contributed by atoms with E-state index in [4.69, 9.17) is 9.47 Å². The Balaban J connectivity index is 1.76. The first-order valence-electron chi connectivity index (χ1n) is 8.58. The molecule has 0 bridgehead atoms. The monoisotopic (exact) mass is 357 g/mol. The van der Waals surface area contributed by atoms with Crippen LogP contribution in [0.25, 0.3) is 0 Å². The van der Waals surface area contributed by atoms with Gasteiger partial charge in [0, 0.05) is 49.1 Å². The van der Waals surface area contributed by atoms with Gasteiger partial charge in [0.1, 0.15) is 17.2 Å². The predicted octanol–water partition coefficient (Wildman–Crippen LogP) is 3.69. The van der Waals surface area contributed by atoms with E-state index in [-0.39, 0.29) is 16.7 Å². The van der Waals surface area contributed by atoms with Crippen LogP contribution in [-0.4, -0.2) is 38.3 Å². The van der Waals surface area contributed by atoms with Gasteiger partial charge >= 0.3 is 0 Å². The van der Waals surface area contributed by atoms with Gasteiger partial charge in [-0.05, 0) is 18.9 Å². The number of anilines is 2. The highest BCUT2D eigenvalue weighted by atomic mass is 16.6. The lowest BCUT2D eigenvalue weighted by Crippen LogP contribution is -2.42. The van der Waals surface area contributed by atoms with Gasteiger partial charge < -0.3 is 19.7 Å². The number of nitrogens with one attached hydrogen (secondary N) is 1. The van der Waals surface area contributed by atoms with Crippen LogP contribution >= 0.6 is 0 Å². The van der Waals surface area contributed by atoms with Crippen LogP contribution in [0.5, 0.6) is 11.5 Å². The zero-order chi connectivity index (χ0) is 18.5. The van der Waals surface area contributed by atoms with E-state index in [0.717, 1.165) is 36.6 Å². The highest BCUT2D eigenvalue weighted by molar-refractivity contribution is 5.63. The summed E-state index contributed by atoms with van der Waals surface area (Å²) in [5, 5.41) is 14.8. The van der Waals surface area contributed by atoms with Gasteiger partial charge in [-0.2, -0.15) is 0 Å². The molecule has 1 heterocycles. The third-order valence-electron chi connectivity index (χ3n) is 4.56. The Bertz CT molecular complexity index is 759. The number of hydrogen-bond donors (Lipinski definition) is 1. The zero-order valence-corrected chi connectivity index (χ0v) is 15.0. The van der Waals surface area contributed by atoms with Crippen molar-refractivity contribution in [2.75, 3.05) is 37.5 Å². The van der Waals surface area contributed by atoms with Crippen molar-refractivity contribution in [2.24, 2.45) is 0 Å². The molecule has 7 nitrogen and oxygen atoms in total. The minimum atomic E-state index is -0.320. The smallest absolute Gasteiger partial charge is 0.292 e. The minimum Gasteiger partial charge on any atom is -0.497 e. The van der Waals surface area contributed by atoms with E-state index in [2.05, 4.69) is 10.2 Å². The Hall–Kier alpha value is -2.96. The number of ether oxygens (including phenoxy) is 2. The molecule has 0 amide bonds. The number of para-hydroxylation sites is 2. The van der Waals surface area contributed by atoms with E-state index in [1.165, 1.54) is 0 Å². The van der Waals surface area contributed by atoms with Crippen LogP contribution in [0.3, 0.4) is 0 Å². The molecule has 3 rings (SSSR count). The Morgan fingerprint density at radius 1 is 1.15 bits per heavy atom. The molecule has 7 heteroatoms. The fourth-order valence-corrected chi connectivity index (χ4v) is 3.33. The zero-order valence-electron chi connectivity index (χ0n) is 15.0. The SMILES string of the molecule is COc1cc(NC2CCCN(c3ccccc3[N+](=O)[O-])C2)cc(OC)c1. The quantitative estimate of drug-likeness (QED) is 0.627. The third kappa shape index (κ3) is 3.99. The van der Waals surface area contributed by atoms with Gasteiger partial charge in [0.25, 0.3) is 5.69 Å². The number of methoxy groups -OCH3 is 2. The molecule has 1 N–H and O–H groups in total. The summed E-state index contributed by atoms with van der Waals surface area (Å²) in [6, 6.07) is 12.8. The van der Waals surface area contributed by atoms with E-state index in [1.807, 2.05) is 30.3 Å². The molecule has 1 atom stereocenters. The van der Waals surface area contributed by atoms with E-state index < -0.39 is 0 Å². The standard InChI is InChI=1S/C19H23N3O4/c1-25-16-10-15(11-17(12-16)26-2)20-14-6-5-9-21(13-14)18-7-3-4-8-19(18)22(23)24/h3-4,7-8,10-12,14,20H,5-6,9,13H2,1-2H3. The fraction of sp³-hybridized carbons (Fsp3) is 0.368. The van der Waals surface area contributed by atoms with Gasteiger partial charge in [-0.25, -0.2) is 0 Å². The number of nitro groups is 1. The largest absolute Gasteiger partial charge is 0.497 e. The number of piperidine rings is 1. The van der Waals surface area contributed by atoms with Crippen molar-refractivity contribution < 1.29 is 14.4 Å². The second kappa shape index (κ2) is 7.95. The summed E-state index contributed by atoms with van der Waals surface area (Å²) < 4.78 is 10.6. The maximum atomic E-state index is 11.3. The molecule has 1 fully saturated rings. The fourth-order valence-electron chi connectivity index (χ4n) is 3.33. The summed E-state index contributed by atoms with van der Waals surface area (Å²) in [6.45, 7) is 1.51. The molecule has 0 radical (unpaired) electrons. The van der Waals surface area contributed by atoms with Crippen LogP contribution in [0.2, 0.25) is 0 Å². The molecule has 26 heavy (non-hydrogen) atoms. The van der Waals surface area contributed by atoms with Gasteiger partial charge in [0.05, 0.1) is 19.1 Å². The van der Waals surface area contributed by atoms with Gasteiger partial charge in [-0.15, -0.1) is 0 Å². The van der Waals surface area contributed by atoms with E-state index in [0.29, 0.717) is 12.2 Å². The summed E-state index contributed by atoms with van der Waals surface area (Å²) >= 11 is 0. The van der Waals surface area contributed by atoms with Crippen molar-refractivity contribution in [1.82, 2.24) is 0 Å². The van der Waals surface area contributed by atoms with Crippen LogP contribution in [0.15, 0.2) is 42.5 Å². The second-order valence-corrected chi connectivity index (χ2v) is 6.28. The second-order valence-electron chi connectivity index (χ2n) is 6.28. The summed E-state index contributed by atoms with van der Waals surface area (Å²) in [5.41, 5.74) is 1.74. The van der Waals surface area contributed by atoms with Crippen LogP contribution in [0.1, 0.15) is 12.8 Å². The number of hydrogen-bond acceptors (Lipinski definition) is 6. The lowest BCUT2D eigenvalue weighted by Gasteiger charge is -2.35. The highest BCUT2D eigenvalue weighted by Gasteiger charge is 2.25. The number of benzene rings is 2. The molecule has 1 unspecified atom stereocenters. The molecular weight excluding hydrogens is 334 g/mol. The average molecular weight is 357 g/mol. The first-order valence-corrected chi connectivity index (χ1v) is 8.58. The van der Waals surface area contributed by atoms with E-state index in [9.17, 15) is 10.1 Å². The molecular formula is C19H23N3O4. The van der Waals surface area contributed by atoms with Gasteiger partial charge in [-0.1, -0.05) is 12.1 Å². The van der Waals surface area contributed by atoms with E-state index in [1.54, 1.807) is 26.4 Å². The summed E-state index contributed by atoms with van der Waals surface area (Å²) in [6.07, 6.45) is 1.96. The Morgan fingerprint density at radius 2 is 1.85 bits per heavy atom. The molecule has 1 aliphatic heterocycles. The molecule has 0 aliphatic carbocycles. The van der Waals surface area contributed by atoms with Crippen molar-refractivity contribution in [1.29, 1.82) is 0 Å². The molecule has 2 aromatic rings. The number of rotatable bonds is 6. The van der Waals surface area contributed by atoms with Crippen molar-refractivity contribution in [3.05, 3.63) is 52.6 Å². The Morgan fingerprint density at radius 3 is 2.50 bits per heavy atom. The first kappa shape index (κ1) is 17.8. The predicted molar refractivity (Wildman–Crippen MR) is 102 cm³/mol. The van der Waals surface area contributed by atoms with Gasteiger partial charge in [0.15, 0.2) is 0 Å².